The lowest BCUT2D eigenvalue weighted by molar-refractivity contribution is -0.122. The van der Waals surface area contributed by atoms with Crippen LogP contribution in [0.4, 0.5) is 0 Å². The van der Waals surface area contributed by atoms with Crippen molar-refractivity contribution in [1.82, 2.24) is 10.2 Å². The Labute approximate surface area is 92.2 Å². The minimum Gasteiger partial charge on any atom is -0.353 e. The monoisotopic (exact) mass is 213 g/mol. The number of hydrogen-bond donors (Lipinski definition) is 2. The molecule has 0 spiro atoms. The molecule has 1 aliphatic rings. The third-order valence-electron chi connectivity index (χ3n) is 3.21. The van der Waals surface area contributed by atoms with E-state index >= 15 is 0 Å². The van der Waals surface area contributed by atoms with Crippen LogP contribution in [0, 0.1) is 0 Å². The van der Waals surface area contributed by atoms with Gasteiger partial charge in [0.1, 0.15) is 0 Å². The van der Waals surface area contributed by atoms with E-state index in [2.05, 4.69) is 17.3 Å². The molecular weight excluding hydrogens is 190 g/mol. The van der Waals surface area contributed by atoms with Gasteiger partial charge in [-0.05, 0) is 32.9 Å². The van der Waals surface area contributed by atoms with Crippen molar-refractivity contribution in [2.45, 2.75) is 44.7 Å². The van der Waals surface area contributed by atoms with Crippen molar-refractivity contribution in [2.24, 2.45) is 5.73 Å². The lowest BCUT2D eigenvalue weighted by Gasteiger charge is -2.32. The largest absolute Gasteiger partial charge is 0.353 e. The van der Waals surface area contributed by atoms with Crippen LogP contribution in [0.1, 0.15) is 32.6 Å². The molecule has 3 N–H and O–H groups in total. The Kier molecular flexibility index (Phi) is 5.05. The van der Waals surface area contributed by atoms with Gasteiger partial charge in [-0.3, -0.25) is 4.79 Å². The highest BCUT2D eigenvalue weighted by molar-refractivity contribution is 5.81. The van der Waals surface area contributed by atoms with Gasteiger partial charge in [-0.25, -0.2) is 0 Å². The second kappa shape index (κ2) is 6.08. The summed E-state index contributed by atoms with van der Waals surface area (Å²) in [4.78, 5) is 13.8. The molecule has 2 unspecified atom stereocenters. The molecule has 4 heteroatoms. The molecule has 1 heterocycles. The van der Waals surface area contributed by atoms with Gasteiger partial charge in [0.2, 0.25) is 5.91 Å². The van der Waals surface area contributed by atoms with Gasteiger partial charge < -0.3 is 16.0 Å². The first kappa shape index (κ1) is 12.5. The van der Waals surface area contributed by atoms with Crippen LogP contribution in [-0.4, -0.2) is 43.0 Å². The summed E-state index contributed by atoms with van der Waals surface area (Å²) in [6, 6.07) is 0.144. The number of piperidine rings is 1. The maximum Gasteiger partial charge on any atom is 0.236 e. The first-order valence-corrected chi connectivity index (χ1v) is 5.88. The average Bonchev–Trinajstić information content (AvgIpc) is 2.26. The van der Waals surface area contributed by atoms with Crippen molar-refractivity contribution < 1.29 is 4.79 Å². The number of nitrogens with one attached hydrogen (secondary N) is 1. The van der Waals surface area contributed by atoms with Gasteiger partial charge in [0.25, 0.3) is 0 Å². The van der Waals surface area contributed by atoms with E-state index in [1.165, 1.54) is 19.3 Å². The average molecular weight is 213 g/mol. The topological polar surface area (TPSA) is 58.4 Å². The molecule has 88 valence electrons. The Morgan fingerprint density at radius 2 is 2.33 bits per heavy atom. The molecule has 0 bridgehead atoms. The number of likely N-dealkylation sites (N-methyl/N-ethyl adjacent to an activating group) is 1. The van der Waals surface area contributed by atoms with Crippen molar-refractivity contribution in [2.75, 3.05) is 20.1 Å². The molecule has 0 aliphatic carbocycles. The van der Waals surface area contributed by atoms with Crippen LogP contribution in [0.15, 0.2) is 0 Å². The Balaban J connectivity index is 2.26. The lowest BCUT2D eigenvalue weighted by atomic mass is 10.0. The van der Waals surface area contributed by atoms with E-state index in [-0.39, 0.29) is 11.9 Å². The van der Waals surface area contributed by atoms with Gasteiger partial charge in [0.05, 0.1) is 6.04 Å². The maximum absolute atomic E-state index is 11.5. The van der Waals surface area contributed by atoms with Gasteiger partial charge in [-0.15, -0.1) is 0 Å². The molecule has 0 aromatic rings. The van der Waals surface area contributed by atoms with Crippen LogP contribution in [0.2, 0.25) is 0 Å². The molecule has 1 aliphatic heterocycles. The predicted octanol–water partition coefficient (Wildman–Crippen LogP) is 0.324. The van der Waals surface area contributed by atoms with E-state index in [4.69, 9.17) is 5.73 Å². The molecule has 15 heavy (non-hydrogen) atoms. The Morgan fingerprint density at radius 3 is 2.93 bits per heavy atom. The third-order valence-corrected chi connectivity index (χ3v) is 3.21. The van der Waals surface area contributed by atoms with Crippen molar-refractivity contribution in [3.05, 3.63) is 0 Å². The van der Waals surface area contributed by atoms with Gasteiger partial charge in [0, 0.05) is 12.6 Å². The standard InChI is InChI=1S/C11H23N3O/c1-3-10(12)11(15)13-8-9-6-4-5-7-14(9)2/h9-10H,3-8,12H2,1-2H3,(H,13,15). The van der Waals surface area contributed by atoms with Crippen LogP contribution in [-0.2, 0) is 4.79 Å². The van der Waals surface area contributed by atoms with Crippen LogP contribution in [0.5, 0.6) is 0 Å². The van der Waals surface area contributed by atoms with Crippen LogP contribution in [0.3, 0.4) is 0 Å². The van der Waals surface area contributed by atoms with E-state index in [0.29, 0.717) is 12.5 Å². The van der Waals surface area contributed by atoms with Crippen molar-refractivity contribution in [1.29, 1.82) is 0 Å². The minimum absolute atomic E-state index is 0.0172. The number of nitrogens with zero attached hydrogens (tertiary/aromatic N) is 1. The highest BCUT2D eigenvalue weighted by Gasteiger charge is 2.20. The number of carbonyl (C=O) groups is 1. The zero-order chi connectivity index (χ0) is 11.3. The normalized spacial score (nSPS) is 24.9. The minimum atomic E-state index is -0.348. The zero-order valence-corrected chi connectivity index (χ0v) is 9.83. The van der Waals surface area contributed by atoms with Crippen LogP contribution < -0.4 is 11.1 Å². The molecule has 4 nitrogen and oxygen atoms in total. The fourth-order valence-electron chi connectivity index (χ4n) is 1.94. The molecule has 0 aromatic carbocycles. The lowest BCUT2D eigenvalue weighted by Crippen LogP contribution is -2.48. The summed E-state index contributed by atoms with van der Waals surface area (Å²) in [7, 11) is 2.12. The SMILES string of the molecule is CCC(N)C(=O)NCC1CCCCN1C. The van der Waals surface area contributed by atoms with Gasteiger partial charge in [0.15, 0.2) is 0 Å². The smallest absolute Gasteiger partial charge is 0.236 e. The van der Waals surface area contributed by atoms with E-state index in [0.717, 1.165) is 13.1 Å². The number of rotatable bonds is 4. The molecular formula is C11H23N3O. The van der Waals surface area contributed by atoms with Crippen molar-refractivity contribution in [3.63, 3.8) is 0 Å². The summed E-state index contributed by atoms with van der Waals surface area (Å²) in [6.07, 6.45) is 4.42. The number of likely N-dealkylation sites (tertiary alicyclic amines) is 1. The maximum atomic E-state index is 11.5. The highest BCUT2D eigenvalue weighted by Crippen LogP contribution is 2.13. The molecule has 1 amide bonds. The number of amides is 1. The number of hydrogen-bond acceptors (Lipinski definition) is 3. The summed E-state index contributed by atoms with van der Waals surface area (Å²) in [5, 5.41) is 2.93. The molecule has 1 rings (SSSR count). The predicted molar refractivity (Wildman–Crippen MR) is 61.5 cm³/mol. The van der Waals surface area contributed by atoms with E-state index in [9.17, 15) is 4.79 Å². The summed E-state index contributed by atoms with van der Waals surface area (Å²) in [6.45, 7) is 3.81. The Morgan fingerprint density at radius 1 is 1.60 bits per heavy atom. The van der Waals surface area contributed by atoms with Crippen molar-refractivity contribution >= 4 is 5.91 Å². The molecule has 0 saturated carbocycles. The van der Waals surface area contributed by atoms with Gasteiger partial charge >= 0.3 is 0 Å². The van der Waals surface area contributed by atoms with Crippen LogP contribution in [0.25, 0.3) is 0 Å². The molecule has 0 aromatic heterocycles. The van der Waals surface area contributed by atoms with E-state index < -0.39 is 0 Å². The van der Waals surface area contributed by atoms with E-state index in [1.807, 2.05) is 6.92 Å². The van der Waals surface area contributed by atoms with Crippen LogP contribution >= 0.6 is 0 Å². The summed E-state index contributed by atoms with van der Waals surface area (Å²) in [5.41, 5.74) is 5.64. The second-order valence-corrected chi connectivity index (χ2v) is 4.39. The van der Waals surface area contributed by atoms with Crippen molar-refractivity contribution in [3.8, 4) is 0 Å². The fourth-order valence-corrected chi connectivity index (χ4v) is 1.94. The van der Waals surface area contributed by atoms with Gasteiger partial charge in [-0.1, -0.05) is 13.3 Å². The molecule has 1 fully saturated rings. The first-order chi connectivity index (χ1) is 7.15. The Hall–Kier alpha value is -0.610. The highest BCUT2D eigenvalue weighted by atomic mass is 16.2. The molecule has 1 saturated heterocycles. The number of nitrogens with two attached hydrogens (primary N) is 1. The fraction of sp³-hybridized carbons (Fsp3) is 0.909. The second-order valence-electron chi connectivity index (χ2n) is 4.39. The molecule has 2 atom stereocenters. The van der Waals surface area contributed by atoms with E-state index in [1.54, 1.807) is 0 Å². The quantitative estimate of drug-likeness (QED) is 0.707. The first-order valence-electron chi connectivity index (χ1n) is 5.88. The zero-order valence-electron chi connectivity index (χ0n) is 9.83. The summed E-state index contributed by atoms with van der Waals surface area (Å²) >= 11 is 0. The third kappa shape index (κ3) is 3.80. The molecule has 0 radical (unpaired) electrons. The summed E-state index contributed by atoms with van der Waals surface area (Å²) < 4.78 is 0. The number of carbonyl (C=O) groups excluding carboxylic acids is 1. The summed E-state index contributed by atoms with van der Waals surface area (Å²) in [5.74, 6) is -0.0172. The van der Waals surface area contributed by atoms with Gasteiger partial charge in [-0.2, -0.15) is 0 Å². The Bertz CT molecular complexity index is 208.